The number of rotatable bonds is 6. The lowest BCUT2D eigenvalue weighted by Crippen LogP contribution is -2.13. The van der Waals surface area contributed by atoms with Crippen molar-refractivity contribution in [2.24, 2.45) is 7.05 Å². The summed E-state index contributed by atoms with van der Waals surface area (Å²) in [5.74, 6) is 1.81. The fourth-order valence-corrected chi connectivity index (χ4v) is 2.49. The van der Waals surface area contributed by atoms with Crippen LogP contribution in [0.1, 0.15) is 16.2 Å². The molecule has 140 valence electrons. The summed E-state index contributed by atoms with van der Waals surface area (Å²) in [7, 11) is 1.90. The van der Waals surface area contributed by atoms with Crippen LogP contribution in [0.15, 0.2) is 61.1 Å². The molecule has 0 spiro atoms. The first-order valence-corrected chi connectivity index (χ1v) is 8.53. The van der Waals surface area contributed by atoms with E-state index in [1.54, 1.807) is 42.7 Å². The van der Waals surface area contributed by atoms with Gasteiger partial charge >= 0.3 is 0 Å². The fourth-order valence-electron chi connectivity index (χ4n) is 2.49. The van der Waals surface area contributed by atoms with Gasteiger partial charge in [-0.3, -0.25) is 20.2 Å². The zero-order valence-corrected chi connectivity index (χ0v) is 15.0. The Kier molecular flexibility index (Phi) is 4.79. The molecule has 4 rings (SSSR count). The molecule has 0 saturated carbocycles. The molecule has 1 aromatic carbocycles. The molecule has 0 atom stereocenters. The lowest BCUT2D eigenvalue weighted by atomic mass is 10.2. The van der Waals surface area contributed by atoms with Crippen molar-refractivity contribution in [3.05, 3.63) is 72.4 Å². The Morgan fingerprint density at radius 1 is 1.14 bits per heavy atom. The quantitative estimate of drug-likeness (QED) is 0.535. The number of aromatic nitrogens is 6. The van der Waals surface area contributed by atoms with Gasteiger partial charge < -0.3 is 9.30 Å². The van der Waals surface area contributed by atoms with Crippen LogP contribution in [0.5, 0.6) is 5.75 Å². The van der Waals surface area contributed by atoms with E-state index in [1.165, 1.54) is 0 Å². The van der Waals surface area contributed by atoms with E-state index in [1.807, 2.05) is 29.9 Å². The maximum atomic E-state index is 12.4. The molecule has 0 bridgehead atoms. The molecule has 1 amide bonds. The lowest BCUT2D eigenvalue weighted by Gasteiger charge is -2.07. The number of ether oxygens (including phenoxy) is 1. The van der Waals surface area contributed by atoms with Gasteiger partial charge in [-0.15, -0.1) is 5.10 Å². The van der Waals surface area contributed by atoms with Crippen molar-refractivity contribution in [2.45, 2.75) is 6.61 Å². The third-order valence-corrected chi connectivity index (χ3v) is 4.02. The van der Waals surface area contributed by atoms with E-state index in [2.05, 4.69) is 30.5 Å². The second kappa shape index (κ2) is 7.70. The van der Waals surface area contributed by atoms with Crippen LogP contribution in [0.4, 0.5) is 5.95 Å². The van der Waals surface area contributed by atoms with Crippen molar-refractivity contribution in [2.75, 3.05) is 5.32 Å². The number of carbonyl (C=O) groups is 1. The highest BCUT2D eigenvalue weighted by atomic mass is 16.5. The van der Waals surface area contributed by atoms with Gasteiger partial charge in [0.1, 0.15) is 23.9 Å². The number of carbonyl (C=O) groups excluding carboxylic acids is 1. The Bertz CT molecular complexity index is 1070. The Morgan fingerprint density at radius 3 is 2.71 bits per heavy atom. The summed E-state index contributed by atoms with van der Waals surface area (Å²) in [5, 5.41) is 9.41. The third kappa shape index (κ3) is 3.88. The zero-order chi connectivity index (χ0) is 19.3. The van der Waals surface area contributed by atoms with E-state index in [-0.39, 0.29) is 11.9 Å². The van der Waals surface area contributed by atoms with Crippen molar-refractivity contribution in [3.8, 4) is 17.3 Å². The molecule has 4 aromatic rings. The number of nitrogens with one attached hydrogen (secondary N) is 2. The zero-order valence-electron chi connectivity index (χ0n) is 15.0. The largest absolute Gasteiger partial charge is 0.486 e. The van der Waals surface area contributed by atoms with Crippen LogP contribution in [-0.4, -0.2) is 35.6 Å². The number of aromatic amines is 1. The molecule has 2 N–H and O–H groups in total. The van der Waals surface area contributed by atoms with Crippen molar-refractivity contribution >= 4 is 11.9 Å². The topological polar surface area (TPSA) is 111 Å². The molecular weight excluding hydrogens is 358 g/mol. The van der Waals surface area contributed by atoms with Crippen molar-refractivity contribution in [1.82, 2.24) is 29.7 Å². The molecule has 9 heteroatoms. The molecule has 0 aliphatic heterocycles. The number of hydrogen-bond acceptors (Lipinski definition) is 6. The standard InChI is InChI=1S/C19H17N7O2/c1-26-11-10-21-16(26)12-28-14-7-5-13(6-8-14)18(27)23-19-22-17(24-25-19)15-4-2-3-9-20-15/h2-11H,12H2,1H3,(H2,22,23,24,25,27). The summed E-state index contributed by atoms with van der Waals surface area (Å²) in [6.45, 7) is 0.350. The first-order valence-electron chi connectivity index (χ1n) is 8.53. The van der Waals surface area contributed by atoms with Gasteiger partial charge in [-0.25, -0.2) is 4.98 Å². The third-order valence-electron chi connectivity index (χ3n) is 4.02. The van der Waals surface area contributed by atoms with E-state index in [4.69, 9.17) is 4.74 Å². The monoisotopic (exact) mass is 375 g/mol. The van der Waals surface area contributed by atoms with E-state index in [0.29, 0.717) is 29.4 Å². The van der Waals surface area contributed by atoms with E-state index in [9.17, 15) is 4.79 Å². The molecule has 0 fully saturated rings. The van der Waals surface area contributed by atoms with Crippen LogP contribution in [0.3, 0.4) is 0 Å². The number of amides is 1. The molecule has 0 aliphatic rings. The van der Waals surface area contributed by atoms with Crippen molar-refractivity contribution in [1.29, 1.82) is 0 Å². The SMILES string of the molecule is Cn1ccnc1COc1ccc(C(=O)Nc2n[nH]c(-c3ccccn3)n2)cc1. The molecule has 9 nitrogen and oxygen atoms in total. The molecule has 0 aliphatic carbocycles. The molecule has 0 unspecified atom stereocenters. The van der Waals surface area contributed by atoms with Crippen LogP contribution >= 0.6 is 0 Å². The van der Waals surface area contributed by atoms with E-state index >= 15 is 0 Å². The number of nitrogens with zero attached hydrogens (tertiary/aromatic N) is 5. The van der Waals surface area contributed by atoms with Gasteiger partial charge in [-0.1, -0.05) is 6.07 Å². The molecule has 3 heterocycles. The first-order chi connectivity index (χ1) is 13.7. The van der Waals surface area contributed by atoms with Gasteiger partial charge in [0.2, 0.25) is 5.95 Å². The van der Waals surface area contributed by atoms with Gasteiger partial charge in [-0.2, -0.15) is 4.98 Å². The molecule has 0 radical (unpaired) electrons. The van der Waals surface area contributed by atoms with Crippen LogP contribution in [0.25, 0.3) is 11.5 Å². The molecule has 28 heavy (non-hydrogen) atoms. The summed E-state index contributed by atoms with van der Waals surface area (Å²) in [4.78, 5) is 25.0. The van der Waals surface area contributed by atoms with Crippen molar-refractivity contribution < 1.29 is 9.53 Å². The number of aryl methyl sites for hydroxylation is 1. The smallest absolute Gasteiger partial charge is 0.258 e. The van der Waals surface area contributed by atoms with Gasteiger partial charge in [0.25, 0.3) is 5.91 Å². The average molecular weight is 375 g/mol. The van der Waals surface area contributed by atoms with Crippen LogP contribution in [-0.2, 0) is 13.7 Å². The predicted octanol–water partition coefficient (Wildman–Crippen LogP) is 2.43. The second-order valence-corrected chi connectivity index (χ2v) is 5.94. The van der Waals surface area contributed by atoms with E-state index in [0.717, 1.165) is 5.82 Å². The molecule has 0 saturated heterocycles. The number of pyridine rings is 1. The minimum Gasteiger partial charge on any atom is -0.486 e. The first kappa shape index (κ1) is 17.4. The number of imidazole rings is 1. The van der Waals surface area contributed by atoms with Gasteiger partial charge in [0.15, 0.2) is 5.82 Å². The number of benzene rings is 1. The Hall–Kier alpha value is -4.01. The van der Waals surface area contributed by atoms with Crippen molar-refractivity contribution in [3.63, 3.8) is 0 Å². The summed E-state index contributed by atoms with van der Waals surface area (Å²) in [5.41, 5.74) is 1.11. The normalized spacial score (nSPS) is 10.6. The lowest BCUT2D eigenvalue weighted by molar-refractivity contribution is 0.102. The number of anilines is 1. The molecule has 3 aromatic heterocycles. The average Bonchev–Trinajstić information content (AvgIpc) is 3.36. The maximum absolute atomic E-state index is 12.4. The second-order valence-electron chi connectivity index (χ2n) is 5.94. The highest BCUT2D eigenvalue weighted by molar-refractivity contribution is 6.03. The number of H-pyrrole nitrogens is 1. The summed E-state index contributed by atoms with van der Waals surface area (Å²) in [6.07, 6.45) is 5.23. The Morgan fingerprint density at radius 2 is 2.00 bits per heavy atom. The van der Waals surface area contributed by atoms with Gasteiger partial charge in [0.05, 0.1) is 0 Å². The van der Waals surface area contributed by atoms with Gasteiger partial charge in [0, 0.05) is 31.2 Å². The number of hydrogen-bond donors (Lipinski definition) is 2. The van der Waals surface area contributed by atoms with E-state index < -0.39 is 0 Å². The summed E-state index contributed by atoms with van der Waals surface area (Å²) < 4.78 is 7.57. The van der Waals surface area contributed by atoms with Crippen LogP contribution in [0, 0.1) is 0 Å². The summed E-state index contributed by atoms with van der Waals surface area (Å²) >= 11 is 0. The predicted molar refractivity (Wildman–Crippen MR) is 102 cm³/mol. The summed E-state index contributed by atoms with van der Waals surface area (Å²) in [6, 6.07) is 12.3. The van der Waals surface area contributed by atoms with Gasteiger partial charge in [-0.05, 0) is 36.4 Å². The Labute approximate surface area is 160 Å². The fraction of sp³-hybridized carbons (Fsp3) is 0.105. The Balaban J connectivity index is 1.37. The minimum absolute atomic E-state index is 0.181. The minimum atomic E-state index is -0.317. The highest BCUT2D eigenvalue weighted by Gasteiger charge is 2.11. The highest BCUT2D eigenvalue weighted by Crippen LogP contribution is 2.16. The van der Waals surface area contributed by atoms with Crippen LogP contribution < -0.4 is 10.1 Å². The molecular formula is C19H17N7O2. The van der Waals surface area contributed by atoms with Crippen LogP contribution in [0.2, 0.25) is 0 Å². The maximum Gasteiger partial charge on any atom is 0.258 e.